The molecule has 9 heteroatoms. The number of nitrogens with one attached hydrogen (secondary N) is 1. The predicted octanol–water partition coefficient (Wildman–Crippen LogP) is 3.91. The smallest absolute Gasteiger partial charge is 0.253 e. The maximum absolute atomic E-state index is 13.9. The molecule has 1 aromatic heterocycles. The normalized spacial score (nSPS) is 16.5. The lowest BCUT2D eigenvalue weighted by atomic mass is 10.0. The zero-order valence-electron chi connectivity index (χ0n) is 14.4. The summed E-state index contributed by atoms with van der Waals surface area (Å²) < 4.78 is 68.2. The summed E-state index contributed by atoms with van der Waals surface area (Å²) in [4.78, 5) is 4.43. The summed E-state index contributed by atoms with van der Waals surface area (Å²) in [6.07, 6.45) is 0.650. The van der Waals surface area contributed by atoms with Crippen LogP contribution >= 0.6 is 0 Å². The first kappa shape index (κ1) is 19.3. The number of anilines is 2. The van der Waals surface area contributed by atoms with Crippen LogP contribution in [0.25, 0.3) is 0 Å². The Hall–Kier alpha value is -2.42. The molecule has 0 radical (unpaired) electrons. The van der Waals surface area contributed by atoms with Crippen molar-refractivity contribution in [3.63, 3.8) is 0 Å². The Morgan fingerprint density at radius 2 is 1.67 bits per heavy atom. The SMILES string of the molecule is CC(Nc1c(F)c(F)nc(F)c1F)c1cc(F)ccc1N1CCC(O)CC1. The topological polar surface area (TPSA) is 48.4 Å². The van der Waals surface area contributed by atoms with Gasteiger partial charge in [-0.2, -0.15) is 22.5 Å². The largest absolute Gasteiger partial charge is 0.393 e. The molecule has 2 N–H and O–H groups in total. The number of halogens is 5. The number of hydrogen-bond donors (Lipinski definition) is 2. The van der Waals surface area contributed by atoms with Gasteiger partial charge in [0.1, 0.15) is 11.5 Å². The van der Waals surface area contributed by atoms with Crippen LogP contribution < -0.4 is 10.2 Å². The van der Waals surface area contributed by atoms with Crippen molar-refractivity contribution >= 4 is 11.4 Å². The molecular weight excluding hydrogens is 369 g/mol. The Bertz CT molecular complexity index is 814. The first-order chi connectivity index (χ1) is 12.8. The molecule has 0 bridgehead atoms. The lowest BCUT2D eigenvalue weighted by Crippen LogP contribution is -2.36. The zero-order chi connectivity index (χ0) is 19.7. The molecule has 0 saturated carbocycles. The van der Waals surface area contributed by atoms with Crippen molar-refractivity contribution in [1.82, 2.24) is 4.98 Å². The predicted molar refractivity (Wildman–Crippen MR) is 90.0 cm³/mol. The lowest BCUT2D eigenvalue weighted by Gasteiger charge is -2.34. The molecule has 146 valence electrons. The van der Waals surface area contributed by atoms with E-state index in [-0.39, 0.29) is 0 Å². The van der Waals surface area contributed by atoms with Crippen LogP contribution in [0.15, 0.2) is 18.2 Å². The van der Waals surface area contributed by atoms with Gasteiger partial charge in [0, 0.05) is 24.3 Å². The summed E-state index contributed by atoms with van der Waals surface area (Å²) in [5.74, 6) is -7.41. The second kappa shape index (κ2) is 7.67. The van der Waals surface area contributed by atoms with Crippen LogP contribution in [0.5, 0.6) is 0 Å². The fourth-order valence-corrected chi connectivity index (χ4v) is 3.17. The average molecular weight is 387 g/mol. The van der Waals surface area contributed by atoms with Crippen molar-refractivity contribution < 1.29 is 27.1 Å². The summed E-state index contributed by atoms with van der Waals surface area (Å²) >= 11 is 0. The molecule has 3 rings (SSSR count). The highest BCUT2D eigenvalue weighted by Gasteiger charge is 2.25. The van der Waals surface area contributed by atoms with E-state index in [0.29, 0.717) is 37.2 Å². The summed E-state index contributed by atoms with van der Waals surface area (Å²) in [6, 6.07) is 3.11. The van der Waals surface area contributed by atoms with E-state index in [2.05, 4.69) is 10.3 Å². The van der Waals surface area contributed by atoms with Crippen LogP contribution in [-0.2, 0) is 0 Å². The Morgan fingerprint density at radius 3 is 2.26 bits per heavy atom. The van der Waals surface area contributed by atoms with Gasteiger partial charge in [0.15, 0.2) is 0 Å². The molecule has 4 nitrogen and oxygen atoms in total. The van der Waals surface area contributed by atoms with Gasteiger partial charge in [0.25, 0.3) is 11.9 Å². The molecule has 1 aromatic carbocycles. The number of hydrogen-bond acceptors (Lipinski definition) is 4. The zero-order valence-corrected chi connectivity index (χ0v) is 14.4. The molecule has 27 heavy (non-hydrogen) atoms. The third-order valence-electron chi connectivity index (χ3n) is 4.62. The molecule has 1 saturated heterocycles. The van der Waals surface area contributed by atoms with Crippen LogP contribution in [0.2, 0.25) is 0 Å². The minimum atomic E-state index is -1.77. The van der Waals surface area contributed by atoms with Crippen molar-refractivity contribution in [3.8, 4) is 0 Å². The third kappa shape index (κ3) is 3.97. The second-order valence-corrected chi connectivity index (χ2v) is 6.48. The summed E-state index contributed by atoms with van der Waals surface area (Å²) in [5.41, 5.74) is -0.0290. The van der Waals surface area contributed by atoms with E-state index in [4.69, 9.17) is 0 Å². The molecule has 0 amide bonds. The average Bonchev–Trinajstić information content (AvgIpc) is 2.64. The molecule has 2 aromatic rings. The van der Waals surface area contributed by atoms with Crippen LogP contribution in [0.3, 0.4) is 0 Å². The number of aliphatic hydroxyl groups is 1. The molecule has 1 unspecified atom stereocenters. The van der Waals surface area contributed by atoms with Gasteiger partial charge >= 0.3 is 0 Å². The quantitative estimate of drug-likeness (QED) is 0.617. The minimum Gasteiger partial charge on any atom is -0.393 e. The molecule has 0 spiro atoms. The van der Waals surface area contributed by atoms with Crippen molar-refractivity contribution in [2.75, 3.05) is 23.3 Å². The van der Waals surface area contributed by atoms with Gasteiger partial charge in [-0.05, 0) is 38.0 Å². The van der Waals surface area contributed by atoms with Crippen molar-refractivity contribution in [3.05, 3.63) is 53.1 Å². The minimum absolute atomic E-state index is 0.364. The van der Waals surface area contributed by atoms with Crippen LogP contribution in [0, 0.1) is 29.3 Å². The molecule has 1 atom stereocenters. The monoisotopic (exact) mass is 387 g/mol. The highest BCUT2D eigenvalue weighted by atomic mass is 19.2. The number of piperidine rings is 1. The Morgan fingerprint density at radius 1 is 1.07 bits per heavy atom. The molecule has 1 aliphatic heterocycles. The molecular formula is C18H18F5N3O. The molecule has 1 aliphatic rings. The standard InChI is InChI=1S/C18H18F5N3O/c1-9(24-16-14(20)17(22)25-18(23)15(16)21)12-8-10(19)2-3-13(12)26-6-4-11(27)5-7-26/h2-3,8-9,11,27H,4-7H2,1H3,(H,24,25). The van der Waals surface area contributed by atoms with E-state index >= 15 is 0 Å². The van der Waals surface area contributed by atoms with Crippen LogP contribution in [0.1, 0.15) is 31.4 Å². The van der Waals surface area contributed by atoms with Gasteiger partial charge < -0.3 is 15.3 Å². The van der Waals surface area contributed by atoms with Gasteiger partial charge in [0.2, 0.25) is 11.6 Å². The van der Waals surface area contributed by atoms with E-state index in [1.807, 2.05) is 4.90 Å². The highest BCUT2D eigenvalue weighted by molar-refractivity contribution is 5.58. The fraction of sp³-hybridized carbons (Fsp3) is 0.389. The molecule has 1 fully saturated rings. The number of nitrogens with zero attached hydrogens (tertiary/aromatic N) is 2. The Kier molecular flexibility index (Phi) is 5.50. The first-order valence-corrected chi connectivity index (χ1v) is 8.47. The summed E-state index contributed by atoms with van der Waals surface area (Å²) in [6.45, 7) is 2.54. The van der Waals surface area contributed by atoms with Gasteiger partial charge in [-0.25, -0.2) is 4.39 Å². The lowest BCUT2D eigenvalue weighted by molar-refractivity contribution is 0.145. The van der Waals surface area contributed by atoms with Crippen molar-refractivity contribution in [2.45, 2.75) is 31.9 Å². The van der Waals surface area contributed by atoms with E-state index in [9.17, 15) is 27.1 Å². The van der Waals surface area contributed by atoms with Crippen molar-refractivity contribution in [2.24, 2.45) is 0 Å². The van der Waals surface area contributed by atoms with Gasteiger partial charge in [-0.15, -0.1) is 0 Å². The fourth-order valence-electron chi connectivity index (χ4n) is 3.17. The summed E-state index contributed by atoms with van der Waals surface area (Å²) in [7, 11) is 0. The van der Waals surface area contributed by atoms with E-state index in [0.717, 1.165) is 0 Å². The van der Waals surface area contributed by atoms with Crippen LogP contribution in [-0.4, -0.2) is 29.3 Å². The Balaban J connectivity index is 1.94. The number of aliphatic hydroxyl groups excluding tert-OH is 1. The van der Waals surface area contributed by atoms with E-state index in [1.54, 1.807) is 0 Å². The number of benzene rings is 1. The van der Waals surface area contributed by atoms with Crippen LogP contribution in [0.4, 0.5) is 33.3 Å². The summed E-state index contributed by atoms with van der Waals surface area (Å²) in [5, 5.41) is 12.0. The number of aromatic nitrogens is 1. The van der Waals surface area contributed by atoms with Gasteiger partial charge in [-0.1, -0.05) is 0 Å². The number of rotatable bonds is 4. The van der Waals surface area contributed by atoms with Gasteiger partial charge in [-0.3, -0.25) is 0 Å². The van der Waals surface area contributed by atoms with Crippen molar-refractivity contribution in [1.29, 1.82) is 0 Å². The Labute approximate surface area is 152 Å². The third-order valence-corrected chi connectivity index (χ3v) is 4.62. The highest BCUT2D eigenvalue weighted by Crippen LogP contribution is 2.33. The van der Waals surface area contributed by atoms with E-state index in [1.165, 1.54) is 25.1 Å². The molecule has 2 heterocycles. The maximum Gasteiger partial charge on any atom is 0.253 e. The second-order valence-electron chi connectivity index (χ2n) is 6.48. The first-order valence-electron chi connectivity index (χ1n) is 8.47. The molecule has 0 aliphatic carbocycles. The number of pyridine rings is 1. The maximum atomic E-state index is 13.9. The van der Waals surface area contributed by atoms with Gasteiger partial charge in [0.05, 0.1) is 12.1 Å². The van der Waals surface area contributed by atoms with E-state index < -0.39 is 47.2 Å².